The maximum atomic E-state index is 12.7. The predicted octanol–water partition coefficient (Wildman–Crippen LogP) is 3.74. The lowest BCUT2D eigenvalue weighted by Crippen LogP contribution is -2.18. The molecule has 0 bridgehead atoms. The van der Waals surface area contributed by atoms with E-state index in [9.17, 15) is 9.59 Å². The largest absolute Gasteiger partial charge is 0.465 e. The quantitative estimate of drug-likeness (QED) is 0.623. The third kappa shape index (κ3) is 5.16. The summed E-state index contributed by atoms with van der Waals surface area (Å²) < 4.78 is 4.76. The van der Waals surface area contributed by atoms with Gasteiger partial charge in [0.15, 0.2) is 0 Å². The Morgan fingerprint density at radius 2 is 1.79 bits per heavy atom. The lowest BCUT2D eigenvalue weighted by molar-refractivity contribution is 0.0602. The van der Waals surface area contributed by atoms with Crippen LogP contribution < -0.4 is 10.6 Å². The van der Waals surface area contributed by atoms with Gasteiger partial charge in [0.05, 0.1) is 18.4 Å². The van der Waals surface area contributed by atoms with Crippen LogP contribution in [0.1, 0.15) is 37.8 Å². The van der Waals surface area contributed by atoms with E-state index in [1.807, 2.05) is 25.1 Å². The topological polar surface area (TPSA) is 93.2 Å². The number of aromatic nitrogens is 2. The summed E-state index contributed by atoms with van der Waals surface area (Å²) in [6.07, 6.45) is 0. The van der Waals surface area contributed by atoms with Crippen LogP contribution in [-0.2, 0) is 11.3 Å². The van der Waals surface area contributed by atoms with E-state index >= 15 is 0 Å². The lowest BCUT2D eigenvalue weighted by atomic mass is 10.1. The fourth-order valence-electron chi connectivity index (χ4n) is 2.86. The van der Waals surface area contributed by atoms with E-state index in [-0.39, 0.29) is 11.3 Å². The average molecular weight is 390 g/mol. The normalized spacial score (nSPS) is 10.3. The van der Waals surface area contributed by atoms with E-state index in [0.717, 1.165) is 5.56 Å². The minimum atomic E-state index is -0.528. The molecule has 0 fully saturated rings. The molecule has 148 valence electrons. The lowest BCUT2D eigenvalue weighted by Gasteiger charge is -2.11. The summed E-state index contributed by atoms with van der Waals surface area (Å²) in [5.74, 6) is 0.0433. The Labute approximate surface area is 169 Å². The molecule has 0 aliphatic heterocycles. The molecule has 1 amide bonds. The van der Waals surface area contributed by atoms with Gasteiger partial charge in [-0.05, 0) is 31.5 Å². The van der Waals surface area contributed by atoms with Crippen LogP contribution in [0.15, 0.2) is 54.6 Å². The number of methoxy groups -OCH3 is 1. The number of hydrogen-bond acceptors (Lipinski definition) is 6. The molecule has 0 aliphatic carbocycles. The number of ether oxygens (including phenoxy) is 1. The van der Waals surface area contributed by atoms with Gasteiger partial charge in [-0.2, -0.15) is 0 Å². The van der Waals surface area contributed by atoms with Crippen LogP contribution >= 0.6 is 0 Å². The molecule has 0 saturated heterocycles. The van der Waals surface area contributed by atoms with Crippen LogP contribution in [0.4, 0.5) is 11.5 Å². The molecule has 1 aromatic heterocycles. The Bertz CT molecular complexity index is 1050. The zero-order chi connectivity index (χ0) is 20.8. The standard InChI is InChI=1S/C22H22N4O3/c1-14-7-6-8-16(11-14)13-23-20-12-19(24-15(2)25-20)21(27)26-18-10-5-4-9-17(18)22(28)29-3/h4-12H,13H2,1-3H3,(H,26,27)(H,23,24,25). The molecule has 3 rings (SSSR count). The van der Waals surface area contributed by atoms with Crippen LogP contribution in [0.3, 0.4) is 0 Å². The molecule has 29 heavy (non-hydrogen) atoms. The minimum Gasteiger partial charge on any atom is -0.465 e. The number of anilines is 2. The van der Waals surface area contributed by atoms with Crippen molar-refractivity contribution in [3.8, 4) is 0 Å². The molecule has 0 spiro atoms. The van der Waals surface area contributed by atoms with E-state index in [1.165, 1.54) is 12.7 Å². The number of amides is 1. The van der Waals surface area contributed by atoms with Crippen molar-refractivity contribution in [3.05, 3.63) is 82.8 Å². The summed E-state index contributed by atoms with van der Waals surface area (Å²) in [5, 5.41) is 5.94. The molecule has 0 aliphatic rings. The Morgan fingerprint density at radius 3 is 2.55 bits per heavy atom. The second-order valence-electron chi connectivity index (χ2n) is 6.52. The van der Waals surface area contributed by atoms with Gasteiger partial charge in [0.2, 0.25) is 0 Å². The number of nitrogens with one attached hydrogen (secondary N) is 2. The Balaban J connectivity index is 1.77. The Morgan fingerprint density at radius 1 is 1.00 bits per heavy atom. The third-order valence-corrected chi connectivity index (χ3v) is 4.21. The first-order chi connectivity index (χ1) is 14.0. The van der Waals surface area contributed by atoms with E-state index in [2.05, 4.69) is 26.7 Å². The molecule has 0 saturated carbocycles. The fraction of sp³-hybridized carbons (Fsp3) is 0.182. The summed E-state index contributed by atoms with van der Waals surface area (Å²) in [7, 11) is 1.29. The first-order valence-corrected chi connectivity index (χ1v) is 9.10. The highest BCUT2D eigenvalue weighted by Gasteiger charge is 2.16. The number of carbonyl (C=O) groups is 2. The third-order valence-electron chi connectivity index (χ3n) is 4.21. The number of rotatable bonds is 6. The van der Waals surface area contributed by atoms with Crippen molar-refractivity contribution >= 4 is 23.4 Å². The fourth-order valence-corrected chi connectivity index (χ4v) is 2.86. The van der Waals surface area contributed by atoms with Crippen molar-refractivity contribution in [1.29, 1.82) is 0 Å². The van der Waals surface area contributed by atoms with Crippen molar-refractivity contribution in [2.24, 2.45) is 0 Å². The maximum Gasteiger partial charge on any atom is 0.339 e. The van der Waals surface area contributed by atoms with Crippen molar-refractivity contribution in [3.63, 3.8) is 0 Å². The number of esters is 1. The Hall–Kier alpha value is -3.74. The summed E-state index contributed by atoms with van der Waals surface area (Å²) in [4.78, 5) is 33.2. The van der Waals surface area contributed by atoms with Crippen LogP contribution in [-0.4, -0.2) is 29.0 Å². The maximum absolute atomic E-state index is 12.7. The van der Waals surface area contributed by atoms with Gasteiger partial charge in [-0.25, -0.2) is 14.8 Å². The molecule has 2 aromatic carbocycles. The van der Waals surface area contributed by atoms with Crippen molar-refractivity contribution in [2.45, 2.75) is 20.4 Å². The van der Waals surface area contributed by atoms with Gasteiger partial charge in [0.1, 0.15) is 17.3 Å². The summed E-state index contributed by atoms with van der Waals surface area (Å²) in [5.41, 5.74) is 3.11. The Kier molecular flexibility index (Phi) is 6.19. The summed E-state index contributed by atoms with van der Waals surface area (Å²) in [6.45, 7) is 4.33. The van der Waals surface area contributed by atoms with Crippen LogP contribution in [0.5, 0.6) is 0 Å². The van der Waals surface area contributed by atoms with Gasteiger partial charge in [0.25, 0.3) is 5.91 Å². The molecule has 7 nitrogen and oxygen atoms in total. The van der Waals surface area contributed by atoms with E-state index in [1.54, 1.807) is 37.3 Å². The zero-order valence-corrected chi connectivity index (χ0v) is 16.5. The predicted molar refractivity (Wildman–Crippen MR) is 111 cm³/mol. The number of aryl methyl sites for hydroxylation is 2. The van der Waals surface area contributed by atoms with E-state index in [4.69, 9.17) is 4.74 Å². The number of hydrogen-bond donors (Lipinski definition) is 2. The smallest absolute Gasteiger partial charge is 0.339 e. The highest BCUT2D eigenvalue weighted by Crippen LogP contribution is 2.18. The van der Waals surface area contributed by atoms with Gasteiger partial charge in [-0.3, -0.25) is 4.79 Å². The summed E-state index contributed by atoms with van der Waals surface area (Å²) >= 11 is 0. The monoisotopic (exact) mass is 390 g/mol. The average Bonchev–Trinajstić information content (AvgIpc) is 2.72. The molecule has 3 aromatic rings. The van der Waals surface area contributed by atoms with Gasteiger partial charge >= 0.3 is 5.97 Å². The summed E-state index contributed by atoms with van der Waals surface area (Å²) in [6, 6.07) is 16.4. The van der Waals surface area contributed by atoms with E-state index < -0.39 is 11.9 Å². The van der Waals surface area contributed by atoms with Crippen molar-refractivity contribution in [1.82, 2.24) is 9.97 Å². The highest BCUT2D eigenvalue weighted by atomic mass is 16.5. The number of carbonyl (C=O) groups excluding carboxylic acids is 2. The van der Waals surface area contributed by atoms with Gasteiger partial charge in [0, 0.05) is 12.6 Å². The minimum absolute atomic E-state index is 0.198. The molecular weight excluding hydrogens is 368 g/mol. The van der Waals surface area contributed by atoms with E-state index in [0.29, 0.717) is 23.9 Å². The number of para-hydroxylation sites is 1. The molecule has 1 heterocycles. The molecule has 0 radical (unpaired) electrons. The molecule has 2 N–H and O–H groups in total. The van der Waals surface area contributed by atoms with Crippen molar-refractivity contribution < 1.29 is 14.3 Å². The van der Waals surface area contributed by atoms with Crippen LogP contribution in [0, 0.1) is 13.8 Å². The first kappa shape index (κ1) is 20.0. The van der Waals surface area contributed by atoms with Crippen molar-refractivity contribution in [2.75, 3.05) is 17.7 Å². The molecule has 0 unspecified atom stereocenters. The molecule has 0 atom stereocenters. The molecule has 7 heteroatoms. The SMILES string of the molecule is COC(=O)c1ccccc1NC(=O)c1cc(NCc2cccc(C)c2)nc(C)n1. The van der Waals surface area contributed by atoms with Gasteiger partial charge in [-0.15, -0.1) is 0 Å². The second-order valence-corrected chi connectivity index (χ2v) is 6.52. The van der Waals surface area contributed by atoms with Crippen LogP contribution in [0.25, 0.3) is 0 Å². The zero-order valence-electron chi connectivity index (χ0n) is 16.5. The number of nitrogens with zero attached hydrogens (tertiary/aromatic N) is 2. The first-order valence-electron chi connectivity index (χ1n) is 9.10. The highest BCUT2D eigenvalue weighted by molar-refractivity contribution is 6.07. The molecular formula is C22H22N4O3. The second kappa shape index (κ2) is 8.97. The van der Waals surface area contributed by atoms with Gasteiger partial charge in [-0.1, -0.05) is 42.0 Å². The van der Waals surface area contributed by atoms with Crippen LogP contribution in [0.2, 0.25) is 0 Å². The number of benzene rings is 2. The van der Waals surface area contributed by atoms with Gasteiger partial charge < -0.3 is 15.4 Å².